The van der Waals surface area contributed by atoms with Crippen LogP contribution >= 0.6 is 11.6 Å². The molecule has 4 nitrogen and oxygen atoms in total. The minimum absolute atomic E-state index is 0.0602. The molecule has 92 valence electrons. The number of carbonyl (C=O) groups excluding carboxylic acids is 1. The highest BCUT2D eigenvalue weighted by Crippen LogP contribution is 2.15. The summed E-state index contributed by atoms with van der Waals surface area (Å²) in [4.78, 5) is 17.8. The van der Waals surface area contributed by atoms with Crippen LogP contribution in [0.2, 0.25) is 5.15 Å². The molecule has 2 heterocycles. The summed E-state index contributed by atoms with van der Waals surface area (Å²) in [6.45, 7) is 2.79. The molecule has 2 rings (SSSR count). The van der Waals surface area contributed by atoms with Crippen molar-refractivity contribution in [1.29, 1.82) is 0 Å². The van der Waals surface area contributed by atoms with Crippen molar-refractivity contribution >= 4 is 17.5 Å². The predicted molar refractivity (Wildman–Crippen MR) is 67.2 cm³/mol. The Morgan fingerprint density at radius 2 is 2.53 bits per heavy atom. The third-order valence-electron chi connectivity index (χ3n) is 3.03. The molecule has 0 radical (unpaired) electrons. The van der Waals surface area contributed by atoms with E-state index >= 15 is 0 Å². The Kier molecular flexibility index (Phi) is 3.97. The summed E-state index contributed by atoms with van der Waals surface area (Å²) in [5.41, 5.74) is 0.475. The zero-order valence-electron chi connectivity index (χ0n) is 9.82. The topological polar surface area (TPSA) is 45.2 Å². The number of carbonyl (C=O) groups is 1. The quantitative estimate of drug-likeness (QED) is 0.829. The van der Waals surface area contributed by atoms with Gasteiger partial charge in [-0.1, -0.05) is 11.6 Å². The molecular formula is C12H16ClN3O. The van der Waals surface area contributed by atoms with Gasteiger partial charge in [-0.15, -0.1) is 0 Å². The van der Waals surface area contributed by atoms with E-state index in [2.05, 4.69) is 10.3 Å². The molecule has 1 unspecified atom stereocenters. The maximum absolute atomic E-state index is 12.1. The van der Waals surface area contributed by atoms with Crippen LogP contribution in [0.1, 0.15) is 16.8 Å². The Labute approximate surface area is 106 Å². The van der Waals surface area contributed by atoms with Crippen LogP contribution in [0, 0.1) is 5.92 Å². The van der Waals surface area contributed by atoms with Gasteiger partial charge in [-0.3, -0.25) is 4.79 Å². The van der Waals surface area contributed by atoms with Gasteiger partial charge in [0.05, 0.1) is 5.56 Å². The zero-order chi connectivity index (χ0) is 12.3. The molecule has 17 heavy (non-hydrogen) atoms. The third kappa shape index (κ3) is 2.96. The van der Waals surface area contributed by atoms with Crippen LogP contribution in [0.25, 0.3) is 0 Å². The van der Waals surface area contributed by atoms with Crippen molar-refractivity contribution in [3.63, 3.8) is 0 Å². The van der Waals surface area contributed by atoms with Crippen molar-refractivity contribution in [1.82, 2.24) is 15.2 Å². The van der Waals surface area contributed by atoms with Crippen molar-refractivity contribution in [3.05, 3.63) is 29.0 Å². The van der Waals surface area contributed by atoms with Crippen LogP contribution in [0.3, 0.4) is 0 Å². The predicted octanol–water partition coefficient (Wildman–Crippen LogP) is 1.42. The van der Waals surface area contributed by atoms with Crippen LogP contribution in [-0.4, -0.2) is 42.5 Å². The average Bonchev–Trinajstić information content (AvgIpc) is 2.81. The molecular weight excluding hydrogens is 238 g/mol. The molecule has 1 fully saturated rings. The van der Waals surface area contributed by atoms with E-state index in [1.54, 1.807) is 23.2 Å². The molecule has 1 aromatic rings. The number of rotatable bonds is 3. The van der Waals surface area contributed by atoms with Crippen LogP contribution in [0.5, 0.6) is 0 Å². The lowest BCUT2D eigenvalue weighted by Crippen LogP contribution is -2.32. The largest absolute Gasteiger partial charge is 0.341 e. The van der Waals surface area contributed by atoms with Gasteiger partial charge in [-0.25, -0.2) is 4.98 Å². The number of halogens is 1. The van der Waals surface area contributed by atoms with Gasteiger partial charge in [-0.05, 0) is 37.6 Å². The number of hydrogen-bond donors (Lipinski definition) is 1. The van der Waals surface area contributed by atoms with Crippen LogP contribution in [0.4, 0.5) is 0 Å². The maximum Gasteiger partial charge on any atom is 0.256 e. The monoisotopic (exact) mass is 253 g/mol. The summed E-state index contributed by atoms with van der Waals surface area (Å²) in [5.74, 6) is 0.481. The SMILES string of the molecule is CN(CC1CCNC1)C(=O)c1cccnc1Cl. The fourth-order valence-corrected chi connectivity index (χ4v) is 2.29. The minimum atomic E-state index is -0.0602. The summed E-state index contributed by atoms with van der Waals surface area (Å²) >= 11 is 5.91. The van der Waals surface area contributed by atoms with Crippen molar-refractivity contribution < 1.29 is 4.79 Å². The Morgan fingerprint density at radius 1 is 1.71 bits per heavy atom. The second kappa shape index (κ2) is 5.47. The molecule has 0 spiro atoms. The van der Waals surface area contributed by atoms with E-state index in [0.717, 1.165) is 26.1 Å². The molecule has 1 saturated heterocycles. The van der Waals surface area contributed by atoms with Gasteiger partial charge in [0.25, 0.3) is 5.91 Å². The first-order chi connectivity index (χ1) is 8.18. The number of hydrogen-bond acceptors (Lipinski definition) is 3. The summed E-state index contributed by atoms with van der Waals surface area (Å²) in [6.07, 6.45) is 2.71. The van der Waals surface area contributed by atoms with Crippen LogP contribution in [0.15, 0.2) is 18.3 Å². The lowest BCUT2D eigenvalue weighted by molar-refractivity contribution is 0.0776. The number of amides is 1. The molecule has 1 atom stereocenters. The molecule has 0 bridgehead atoms. The number of pyridine rings is 1. The molecule has 1 aliphatic rings. The molecule has 0 aromatic carbocycles. The minimum Gasteiger partial charge on any atom is -0.341 e. The Balaban J connectivity index is 2.01. The molecule has 1 amide bonds. The first-order valence-electron chi connectivity index (χ1n) is 5.75. The van der Waals surface area contributed by atoms with Gasteiger partial charge >= 0.3 is 0 Å². The molecule has 0 saturated carbocycles. The highest BCUT2D eigenvalue weighted by atomic mass is 35.5. The van der Waals surface area contributed by atoms with E-state index in [0.29, 0.717) is 11.5 Å². The van der Waals surface area contributed by atoms with E-state index in [1.165, 1.54) is 0 Å². The summed E-state index contributed by atoms with van der Waals surface area (Å²) in [7, 11) is 1.81. The van der Waals surface area contributed by atoms with Crippen LogP contribution in [-0.2, 0) is 0 Å². The van der Waals surface area contributed by atoms with E-state index in [1.807, 2.05) is 7.05 Å². The molecule has 1 N–H and O–H groups in total. The highest BCUT2D eigenvalue weighted by Gasteiger charge is 2.21. The van der Waals surface area contributed by atoms with E-state index < -0.39 is 0 Å². The lowest BCUT2D eigenvalue weighted by atomic mass is 10.1. The second-order valence-electron chi connectivity index (χ2n) is 4.39. The van der Waals surface area contributed by atoms with E-state index in [-0.39, 0.29) is 11.1 Å². The Hall–Kier alpha value is -1.13. The normalized spacial score (nSPS) is 19.3. The fourth-order valence-electron chi connectivity index (χ4n) is 2.09. The standard InChI is InChI=1S/C12H16ClN3O/c1-16(8-9-4-6-14-7-9)12(17)10-3-2-5-15-11(10)13/h2-3,5,9,14H,4,6-8H2,1H3. The van der Waals surface area contributed by atoms with Gasteiger partial charge < -0.3 is 10.2 Å². The fraction of sp³-hybridized carbons (Fsp3) is 0.500. The Morgan fingerprint density at radius 3 is 3.18 bits per heavy atom. The Bertz CT molecular complexity index is 404. The van der Waals surface area contributed by atoms with Gasteiger partial charge in [0, 0.05) is 19.8 Å². The van der Waals surface area contributed by atoms with Crippen molar-refractivity contribution in [3.8, 4) is 0 Å². The molecule has 1 aromatic heterocycles. The third-order valence-corrected chi connectivity index (χ3v) is 3.33. The van der Waals surface area contributed by atoms with E-state index in [9.17, 15) is 4.79 Å². The number of nitrogens with zero attached hydrogens (tertiary/aromatic N) is 2. The number of aromatic nitrogens is 1. The van der Waals surface area contributed by atoms with E-state index in [4.69, 9.17) is 11.6 Å². The first kappa shape index (κ1) is 12.3. The molecule has 5 heteroatoms. The van der Waals surface area contributed by atoms with Gasteiger partial charge in [0.15, 0.2) is 0 Å². The summed E-state index contributed by atoms with van der Waals surface area (Å²) in [6, 6.07) is 3.44. The lowest BCUT2D eigenvalue weighted by Gasteiger charge is -2.21. The van der Waals surface area contributed by atoms with Gasteiger partial charge in [-0.2, -0.15) is 0 Å². The maximum atomic E-state index is 12.1. The highest BCUT2D eigenvalue weighted by molar-refractivity contribution is 6.32. The smallest absolute Gasteiger partial charge is 0.256 e. The summed E-state index contributed by atoms with van der Waals surface area (Å²) in [5, 5.41) is 3.56. The number of nitrogens with one attached hydrogen (secondary N) is 1. The molecule has 1 aliphatic heterocycles. The van der Waals surface area contributed by atoms with Gasteiger partial charge in [0.1, 0.15) is 5.15 Å². The van der Waals surface area contributed by atoms with Crippen LogP contribution < -0.4 is 5.32 Å². The van der Waals surface area contributed by atoms with Crippen molar-refractivity contribution in [2.75, 3.05) is 26.7 Å². The summed E-state index contributed by atoms with van der Waals surface area (Å²) < 4.78 is 0. The van der Waals surface area contributed by atoms with Gasteiger partial charge in [0.2, 0.25) is 0 Å². The second-order valence-corrected chi connectivity index (χ2v) is 4.74. The molecule has 0 aliphatic carbocycles. The zero-order valence-corrected chi connectivity index (χ0v) is 10.6. The first-order valence-corrected chi connectivity index (χ1v) is 6.13. The van der Waals surface area contributed by atoms with Crippen molar-refractivity contribution in [2.24, 2.45) is 5.92 Å². The average molecular weight is 254 g/mol. The van der Waals surface area contributed by atoms with Crippen molar-refractivity contribution in [2.45, 2.75) is 6.42 Å².